The predicted octanol–water partition coefficient (Wildman–Crippen LogP) is 1.37. The first kappa shape index (κ1) is 18.4. The average molecular weight is 381 g/mol. The summed E-state index contributed by atoms with van der Waals surface area (Å²) in [7, 11) is 0. The Morgan fingerprint density at radius 2 is 2.25 bits per heavy atom. The van der Waals surface area contributed by atoms with Gasteiger partial charge in [-0.1, -0.05) is 6.07 Å². The molecule has 0 bridgehead atoms. The van der Waals surface area contributed by atoms with Gasteiger partial charge < -0.3 is 14.6 Å². The highest BCUT2D eigenvalue weighted by atomic mass is 16.5. The molecular weight excluding hydrogens is 358 g/mol. The highest BCUT2D eigenvalue weighted by Gasteiger charge is 2.20. The van der Waals surface area contributed by atoms with Crippen LogP contribution in [0.15, 0.2) is 29.2 Å². The molecule has 3 aromatic rings. The van der Waals surface area contributed by atoms with Crippen LogP contribution in [-0.2, 0) is 11.3 Å². The van der Waals surface area contributed by atoms with E-state index in [4.69, 9.17) is 10.1 Å². The van der Waals surface area contributed by atoms with Gasteiger partial charge in [-0.25, -0.2) is 4.98 Å². The van der Waals surface area contributed by atoms with Crippen molar-refractivity contribution in [3.63, 3.8) is 0 Å². The molecule has 28 heavy (non-hydrogen) atoms. The van der Waals surface area contributed by atoms with Crippen LogP contribution in [0.3, 0.4) is 0 Å². The van der Waals surface area contributed by atoms with Gasteiger partial charge in [-0.2, -0.15) is 0 Å². The molecule has 0 aliphatic carbocycles. The number of aryl methyl sites for hydroxylation is 2. The number of hydrogen-bond donors (Lipinski definition) is 2. The van der Waals surface area contributed by atoms with Gasteiger partial charge in [0.1, 0.15) is 16.8 Å². The summed E-state index contributed by atoms with van der Waals surface area (Å²) in [6.45, 7) is 5.30. The molecule has 1 fully saturated rings. The lowest BCUT2D eigenvalue weighted by atomic mass is 10.1. The van der Waals surface area contributed by atoms with Crippen LogP contribution in [-0.4, -0.2) is 39.1 Å². The monoisotopic (exact) mass is 381 g/mol. The summed E-state index contributed by atoms with van der Waals surface area (Å²) in [5, 5.41) is 11.7. The Labute approximate surface area is 161 Å². The normalized spacial score (nSPS) is 16.7. The largest absolute Gasteiger partial charge is 0.376 e. The molecule has 8 heteroatoms. The molecule has 4 heterocycles. The van der Waals surface area contributed by atoms with E-state index < -0.39 is 0 Å². The number of hydrogen-bond acceptors (Lipinski definition) is 5. The minimum Gasteiger partial charge on any atom is -0.376 e. The second-order valence-corrected chi connectivity index (χ2v) is 7.03. The number of fused-ring (bicyclic) bond motifs is 2. The zero-order valence-corrected chi connectivity index (χ0v) is 16.0. The second-order valence-electron chi connectivity index (χ2n) is 7.03. The topological polar surface area (TPSA) is 101 Å². The lowest BCUT2D eigenvalue weighted by molar-refractivity contribution is 0.0856. The van der Waals surface area contributed by atoms with Gasteiger partial charge >= 0.3 is 0 Å². The second kappa shape index (κ2) is 7.20. The lowest BCUT2D eigenvalue weighted by Gasteiger charge is -2.15. The van der Waals surface area contributed by atoms with Crippen LogP contribution in [0.2, 0.25) is 0 Å². The van der Waals surface area contributed by atoms with E-state index in [1.165, 1.54) is 10.5 Å². The number of aromatic nitrogens is 3. The van der Waals surface area contributed by atoms with Crippen LogP contribution in [0.4, 0.5) is 0 Å². The van der Waals surface area contributed by atoms with Gasteiger partial charge in [-0.15, -0.1) is 0 Å². The Balaban J connectivity index is 1.86. The van der Waals surface area contributed by atoms with Gasteiger partial charge in [-0.3, -0.25) is 19.4 Å². The zero-order chi connectivity index (χ0) is 19.8. The van der Waals surface area contributed by atoms with Crippen molar-refractivity contribution in [1.29, 1.82) is 5.41 Å². The van der Waals surface area contributed by atoms with E-state index in [0.717, 1.165) is 18.4 Å². The molecule has 0 aromatic carbocycles. The van der Waals surface area contributed by atoms with Crippen molar-refractivity contribution in [2.75, 3.05) is 13.2 Å². The maximum absolute atomic E-state index is 13.1. The van der Waals surface area contributed by atoms with E-state index in [2.05, 4.69) is 10.3 Å². The van der Waals surface area contributed by atoms with Crippen molar-refractivity contribution in [1.82, 2.24) is 19.3 Å². The van der Waals surface area contributed by atoms with Gasteiger partial charge in [0.05, 0.1) is 17.1 Å². The SMILES string of the molecule is CCn1c(=N)c(C(=O)NC[C@@H]2CCCO2)cc2c(=O)n3cccc(C)c3nc21. The van der Waals surface area contributed by atoms with Crippen molar-refractivity contribution in [2.24, 2.45) is 0 Å². The third-order valence-electron chi connectivity index (χ3n) is 5.21. The number of amides is 1. The lowest BCUT2D eigenvalue weighted by Crippen LogP contribution is -2.37. The molecule has 2 N–H and O–H groups in total. The minimum atomic E-state index is -0.377. The summed E-state index contributed by atoms with van der Waals surface area (Å²) >= 11 is 0. The van der Waals surface area contributed by atoms with Crippen molar-refractivity contribution in [3.05, 3.63) is 51.4 Å². The van der Waals surface area contributed by atoms with E-state index >= 15 is 0 Å². The van der Waals surface area contributed by atoms with E-state index in [0.29, 0.717) is 36.4 Å². The first-order valence-corrected chi connectivity index (χ1v) is 9.51. The number of carbonyl (C=O) groups excluding carboxylic acids is 1. The van der Waals surface area contributed by atoms with Gasteiger partial charge in [0.15, 0.2) is 0 Å². The number of pyridine rings is 2. The van der Waals surface area contributed by atoms with Gasteiger partial charge in [0, 0.05) is 25.9 Å². The molecular formula is C20H23N5O3. The molecule has 0 saturated carbocycles. The fourth-order valence-corrected chi connectivity index (χ4v) is 3.68. The van der Waals surface area contributed by atoms with Crippen molar-refractivity contribution < 1.29 is 9.53 Å². The first-order valence-electron chi connectivity index (χ1n) is 9.51. The summed E-state index contributed by atoms with van der Waals surface area (Å²) in [6.07, 6.45) is 3.58. The van der Waals surface area contributed by atoms with Crippen LogP contribution < -0.4 is 16.4 Å². The third-order valence-corrected chi connectivity index (χ3v) is 5.21. The van der Waals surface area contributed by atoms with Gasteiger partial charge in [0.25, 0.3) is 11.5 Å². The molecule has 0 spiro atoms. The Bertz CT molecular complexity index is 1190. The Morgan fingerprint density at radius 1 is 1.43 bits per heavy atom. The van der Waals surface area contributed by atoms with Crippen LogP contribution >= 0.6 is 0 Å². The molecule has 3 aromatic heterocycles. The highest BCUT2D eigenvalue weighted by molar-refractivity contribution is 5.96. The molecule has 8 nitrogen and oxygen atoms in total. The molecule has 1 atom stereocenters. The highest BCUT2D eigenvalue weighted by Crippen LogP contribution is 2.13. The molecule has 1 saturated heterocycles. The van der Waals surface area contributed by atoms with Crippen LogP contribution in [0.5, 0.6) is 0 Å². The van der Waals surface area contributed by atoms with E-state index in [-0.39, 0.29) is 28.6 Å². The fraction of sp³-hybridized carbons (Fsp3) is 0.400. The van der Waals surface area contributed by atoms with E-state index in [1.807, 2.05) is 19.9 Å². The van der Waals surface area contributed by atoms with Crippen molar-refractivity contribution in [2.45, 2.75) is 39.3 Å². The standard InChI is InChI=1S/C20H23N5O3/c1-3-24-16(21)14(19(26)22-11-13-7-5-9-28-13)10-15-18(24)23-17-12(2)6-4-8-25(17)20(15)27/h4,6,8,10,13,21H,3,5,7,9,11H2,1-2H3,(H,22,26)/t13-/m0/s1. The first-order chi connectivity index (χ1) is 13.5. The molecule has 4 rings (SSSR count). The van der Waals surface area contributed by atoms with E-state index in [1.54, 1.807) is 16.8 Å². The molecule has 1 aliphatic heterocycles. The summed E-state index contributed by atoms with van der Waals surface area (Å²) in [5.41, 5.74) is 1.80. The van der Waals surface area contributed by atoms with Crippen molar-refractivity contribution >= 4 is 22.6 Å². The van der Waals surface area contributed by atoms with Gasteiger partial charge in [0.2, 0.25) is 0 Å². The molecule has 1 amide bonds. The number of rotatable bonds is 4. The van der Waals surface area contributed by atoms with Crippen LogP contribution in [0.1, 0.15) is 35.7 Å². The minimum absolute atomic E-state index is 0.0103. The maximum atomic E-state index is 13.1. The van der Waals surface area contributed by atoms with Crippen LogP contribution in [0.25, 0.3) is 16.7 Å². The number of nitrogens with zero attached hydrogens (tertiary/aromatic N) is 3. The summed E-state index contributed by atoms with van der Waals surface area (Å²) in [4.78, 5) is 30.4. The summed E-state index contributed by atoms with van der Waals surface area (Å²) in [5.74, 6) is -0.377. The van der Waals surface area contributed by atoms with Crippen molar-refractivity contribution in [3.8, 4) is 0 Å². The average Bonchev–Trinajstić information content (AvgIpc) is 3.20. The molecule has 0 radical (unpaired) electrons. The Morgan fingerprint density at radius 3 is 2.96 bits per heavy atom. The third kappa shape index (κ3) is 2.99. The quantitative estimate of drug-likeness (QED) is 0.667. The Kier molecular flexibility index (Phi) is 4.72. The fourth-order valence-electron chi connectivity index (χ4n) is 3.68. The number of carbonyl (C=O) groups is 1. The van der Waals surface area contributed by atoms with Gasteiger partial charge in [-0.05, 0) is 44.4 Å². The van der Waals surface area contributed by atoms with E-state index in [9.17, 15) is 9.59 Å². The summed E-state index contributed by atoms with van der Waals surface area (Å²) < 4.78 is 8.62. The molecule has 1 aliphatic rings. The summed E-state index contributed by atoms with van der Waals surface area (Å²) in [6, 6.07) is 5.16. The predicted molar refractivity (Wildman–Crippen MR) is 105 cm³/mol. The zero-order valence-electron chi connectivity index (χ0n) is 16.0. The van der Waals surface area contributed by atoms with Crippen LogP contribution in [0, 0.1) is 12.3 Å². The molecule has 146 valence electrons. The Hall–Kier alpha value is -3.00. The number of ether oxygens (including phenoxy) is 1. The number of nitrogens with one attached hydrogen (secondary N) is 2. The molecule has 0 unspecified atom stereocenters. The maximum Gasteiger partial charge on any atom is 0.267 e. The smallest absolute Gasteiger partial charge is 0.267 e.